The molecule has 0 aliphatic rings. The highest BCUT2D eigenvalue weighted by molar-refractivity contribution is 9.10. The minimum Gasteiger partial charge on any atom is -0.206 e. The smallest absolute Gasteiger partial charge is 0.206 e. The van der Waals surface area contributed by atoms with Crippen molar-refractivity contribution in [2.45, 2.75) is 17.2 Å². The Bertz CT molecular complexity index is 606. The van der Waals surface area contributed by atoms with Gasteiger partial charge in [-0.15, -0.1) is 11.3 Å². The Morgan fingerprint density at radius 1 is 1.22 bits per heavy atom. The summed E-state index contributed by atoms with van der Waals surface area (Å²) in [7, 11) is -3.42. The summed E-state index contributed by atoms with van der Waals surface area (Å²) in [6.07, 6.45) is 0. The molecule has 0 radical (unpaired) electrons. The fraction of sp³-hybridized carbons (Fsp3) is 0.167. The van der Waals surface area contributed by atoms with Crippen LogP contribution < -0.4 is 4.72 Å². The van der Waals surface area contributed by atoms with Gasteiger partial charge in [-0.1, -0.05) is 34.1 Å². The molecule has 1 atom stereocenters. The van der Waals surface area contributed by atoms with Crippen molar-refractivity contribution in [3.63, 3.8) is 0 Å². The summed E-state index contributed by atoms with van der Waals surface area (Å²) in [6, 6.07) is 10.6. The second-order valence-electron chi connectivity index (χ2n) is 3.83. The molecule has 96 valence electrons. The van der Waals surface area contributed by atoms with Crippen molar-refractivity contribution in [3.8, 4) is 0 Å². The molecule has 0 fully saturated rings. The third kappa shape index (κ3) is 3.20. The van der Waals surface area contributed by atoms with Crippen LogP contribution in [0.3, 0.4) is 0 Å². The molecule has 1 aromatic heterocycles. The highest BCUT2D eigenvalue weighted by Crippen LogP contribution is 2.21. The maximum absolute atomic E-state index is 12.0. The molecule has 2 aromatic rings. The number of hydrogen-bond acceptors (Lipinski definition) is 3. The van der Waals surface area contributed by atoms with Crippen molar-refractivity contribution >= 4 is 37.3 Å². The van der Waals surface area contributed by atoms with E-state index in [-0.39, 0.29) is 6.04 Å². The van der Waals surface area contributed by atoms with E-state index in [1.807, 2.05) is 31.2 Å². The summed E-state index contributed by atoms with van der Waals surface area (Å²) in [6.45, 7) is 1.83. The average Bonchev–Trinajstić information content (AvgIpc) is 2.83. The number of rotatable bonds is 4. The Morgan fingerprint density at radius 2 is 1.89 bits per heavy atom. The van der Waals surface area contributed by atoms with Crippen molar-refractivity contribution in [1.82, 2.24) is 4.72 Å². The first-order valence-electron chi connectivity index (χ1n) is 5.30. The predicted octanol–water partition coefficient (Wildman–Crippen LogP) is 3.55. The first-order chi connectivity index (χ1) is 8.49. The summed E-state index contributed by atoms with van der Waals surface area (Å²) < 4.78 is 28.0. The molecule has 0 unspecified atom stereocenters. The molecule has 3 nitrogen and oxygen atoms in total. The van der Waals surface area contributed by atoms with Crippen LogP contribution in [-0.2, 0) is 10.0 Å². The second-order valence-corrected chi connectivity index (χ2v) is 7.63. The second kappa shape index (κ2) is 5.52. The van der Waals surface area contributed by atoms with Gasteiger partial charge < -0.3 is 0 Å². The highest BCUT2D eigenvalue weighted by Gasteiger charge is 2.18. The van der Waals surface area contributed by atoms with E-state index in [4.69, 9.17) is 0 Å². The van der Waals surface area contributed by atoms with E-state index in [1.165, 1.54) is 11.3 Å². The number of thiophene rings is 1. The summed E-state index contributed by atoms with van der Waals surface area (Å²) in [5, 5.41) is 1.75. The molecular weight excluding hydrogens is 334 g/mol. The summed E-state index contributed by atoms with van der Waals surface area (Å²) in [4.78, 5) is 0. The molecule has 0 aliphatic carbocycles. The third-order valence-corrected chi connectivity index (χ3v) is 5.93. The molecule has 0 spiro atoms. The van der Waals surface area contributed by atoms with Gasteiger partial charge in [0.2, 0.25) is 0 Å². The molecule has 0 aliphatic heterocycles. The van der Waals surface area contributed by atoms with Crippen molar-refractivity contribution in [2.75, 3.05) is 0 Å². The SMILES string of the molecule is C[C@H](NS(=O)(=O)c1cccs1)c1ccc(Br)cc1. The van der Waals surface area contributed by atoms with E-state index in [9.17, 15) is 8.42 Å². The lowest BCUT2D eigenvalue weighted by molar-refractivity contribution is 0.569. The molecule has 1 heterocycles. The van der Waals surface area contributed by atoms with Gasteiger partial charge in [0.05, 0.1) is 0 Å². The number of halogens is 1. The number of benzene rings is 1. The molecule has 18 heavy (non-hydrogen) atoms. The van der Waals surface area contributed by atoms with Crippen LogP contribution in [0.4, 0.5) is 0 Å². The fourth-order valence-corrected chi connectivity index (χ4v) is 4.03. The first kappa shape index (κ1) is 13.7. The van der Waals surface area contributed by atoms with Crippen LogP contribution in [0.2, 0.25) is 0 Å². The van der Waals surface area contributed by atoms with E-state index in [1.54, 1.807) is 17.5 Å². The van der Waals surface area contributed by atoms with Gasteiger partial charge >= 0.3 is 0 Å². The highest BCUT2D eigenvalue weighted by atomic mass is 79.9. The minimum atomic E-state index is -3.42. The number of sulfonamides is 1. The maximum atomic E-state index is 12.0. The van der Waals surface area contributed by atoms with Gasteiger partial charge in [0, 0.05) is 10.5 Å². The molecule has 0 bridgehead atoms. The van der Waals surface area contributed by atoms with E-state index in [0.717, 1.165) is 10.0 Å². The Hall–Kier alpha value is -0.690. The lowest BCUT2D eigenvalue weighted by Crippen LogP contribution is -2.26. The topological polar surface area (TPSA) is 46.2 Å². The maximum Gasteiger partial charge on any atom is 0.250 e. The van der Waals surface area contributed by atoms with Crippen LogP contribution in [0.5, 0.6) is 0 Å². The minimum absolute atomic E-state index is 0.259. The van der Waals surface area contributed by atoms with Gasteiger partial charge in [0.1, 0.15) is 4.21 Å². The molecule has 6 heteroatoms. The fourth-order valence-electron chi connectivity index (χ4n) is 1.53. The third-order valence-electron chi connectivity index (χ3n) is 2.46. The quantitative estimate of drug-likeness (QED) is 0.920. The Labute approximate surface area is 119 Å². The van der Waals surface area contributed by atoms with Crippen LogP contribution in [0.15, 0.2) is 50.5 Å². The molecule has 0 saturated carbocycles. The molecular formula is C12H12BrNO2S2. The predicted molar refractivity (Wildman–Crippen MR) is 77.2 cm³/mol. The lowest BCUT2D eigenvalue weighted by atomic mass is 10.1. The molecule has 1 N–H and O–H groups in total. The Kier molecular flexibility index (Phi) is 4.21. The van der Waals surface area contributed by atoms with Gasteiger partial charge in [-0.3, -0.25) is 0 Å². The summed E-state index contributed by atoms with van der Waals surface area (Å²) in [5.74, 6) is 0. The first-order valence-corrected chi connectivity index (χ1v) is 8.46. The van der Waals surface area contributed by atoms with E-state index in [0.29, 0.717) is 4.21 Å². The van der Waals surface area contributed by atoms with Crippen LogP contribution in [0.25, 0.3) is 0 Å². The largest absolute Gasteiger partial charge is 0.250 e. The molecule has 0 saturated heterocycles. The molecule has 1 aromatic carbocycles. The summed E-state index contributed by atoms with van der Waals surface area (Å²) in [5.41, 5.74) is 0.929. The van der Waals surface area contributed by atoms with Crippen LogP contribution in [0, 0.1) is 0 Å². The molecule has 2 rings (SSSR count). The van der Waals surface area contributed by atoms with E-state index >= 15 is 0 Å². The zero-order chi connectivity index (χ0) is 13.2. The zero-order valence-electron chi connectivity index (χ0n) is 9.63. The van der Waals surface area contributed by atoms with Gasteiger partial charge in [-0.2, -0.15) is 0 Å². The molecule has 0 amide bonds. The van der Waals surface area contributed by atoms with Crippen molar-refractivity contribution in [3.05, 3.63) is 51.8 Å². The lowest BCUT2D eigenvalue weighted by Gasteiger charge is -2.13. The van der Waals surface area contributed by atoms with Gasteiger partial charge in [0.15, 0.2) is 0 Å². The zero-order valence-corrected chi connectivity index (χ0v) is 12.8. The normalized spacial score (nSPS) is 13.4. The van der Waals surface area contributed by atoms with Crippen molar-refractivity contribution in [1.29, 1.82) is 0 Å². The van der Waals surface area contributed by atoms with Gasteiger partial charge in [0.25, 0.3) is 10.0 Å². The van der Waals surface area contributed by atoms with Crippen LogP contribution in [-0.4, -0.2) is 8.42 Å². The Morgan fingerprint density at radius 3 is 2.44 bits per heavy atom. The standard InChI is InChI=1S/C12H12BrNO2S2/c1-9(10-4-6-11(13)7-5-10)14-18(15,16)12-3-2-8-17-12/h2-9,14H,1H3/t9-/m0/s1. The van der Waals surface area contributed by atoms with E-state index < -0.39 is 10.0 Å². The summed E-state index contributed by atoms with van der Waals surface area (Å²) >= 11 is 4.56. The Balaban J connectivity index is 2.17. The van der Waals surface area contributed by atoms with Gasteiger partial charge in [-0.05, 0) is 36.1 Å². The van der Waals surface area contributed by atoms with Crippen LogP contribution in [0.1, 0.15) is 18.5 Å². The number of nitrogens with one attached hydrogen (secondary N) is 1. The average molecular weight is 346 g/mol. The van der Waals surface area contributed by atoms with E-state index in [2.05, 4.69) is 20.7 Å². The van der Waals surface area contributed by atoms with Crippen molar-refractivity contribution in [2.24, 2.45) is 0 Å². The van der Waals surface area contributed by atoms with Gasteiger partial charge in [-0.25, -0.2) is 13.1 Å². The monoisotopic (exact) mass is 345 g/mol. The van der Waals surface area contributed by atoms with Crippen LogP contribution >= 0.6 is 27.3 Å². The number of hydrogen-bond donors (Lipinski definition) is 1. The van der Waals surface area contributed by atoms with Crippen molar-refractivity contribution < 1.29 is 8.42 Å².